The highest BCUT2D eigenvalue weighted by molar-refractivity contribution is 5.94. The third-order valence-corrected chi connectivity index (χ3v) is 4.36. The second kappa shape index (κ2) is 7.77. The number of anilines is 1. The van der Waals surface area contributed by atoms with Crippen LogP contribution in [0.1, 0.15) is 42.1 Å². The number of carbonyl (C=O) groups excluding carboxylic acids is 1. The van der Waals surface area contributed by atoms with Gasteiger partial charge in [0.05, 0.1) is 11.6 Å². The van der Waals surface area contributed by atoms with E-state index in [-0.39, 0.29) is 5.91 Å². The molecule has 1 aliphatic carbocycles. The van der Waals surface area contributed by atoms with Gasteiger partial charge in [-0.25, -0.2) is 4.98 Å². The minimum absolute atomic E-state index is 0.138. The lowest BCUT2D eigenvalue weighted by atomic mass is 9.90. The quantitative estimate of drug-likeness (QED) is 0.801. The molecule has 2 aromatic heterocycles. The number of amides is 1. The molecule has 1 amide bonds. The molecule has 0 spiro atoms. The van der Waals surface area contributed by atoms with Gasteiger partial charge in [-0.3, -0.25) is 9.48 Å². The van der Waals surface area contributed by atoms with Crippen LogP contribution in [0, 0.1) is 0 Å². The monoisotopic (exact) mass is 325 g/mol. The van der Waals surface area contributed by atoms with Crippen LogP contribution in [0.2, 0.25) is 0 Å². The number of hydrogen-bond acceptors (Lipinski definition) is 4. The number of nitrogens with one attached hydrogen (secondary N) is 2. The van der Waals surface area contributed by atoms with Gasteiger partial charge in [0, 0.05) is 31.2 Å². The highest BCUT2D eigenvalue weighted by Gasteiger charge is 2.27. The van der Waals surface area contributed by atoms with E-state index in [4.69, 9.17) is 0 Å². The Morgan fingerprint density at radius 3 is 2.96 bits per heavy atom. The molecule has 2 atom stereocenters. The highest BCUT2D eigenvalue weighted by atomic mass is 16.1. The van der Waals surface area contributed by atoms with Gasteiger partial charge in [-0.2, -0.15) is 5.10 Å². The van der Waals surface area contributed by atoms with E-state index in [9.17, 15) is 4.79 Å². The van der Waals surface area contributed by atoms with Crippen molar-refractivity contribution in [1.82, 2.24) is 20.1 Å². The molecular weight excluding hydrogens is 302 g/mol. The maximum absolute atomic E-state index is 11.9. The number of rotatable bonds is 6. The minimum atomic E-state index is -0.138. The van der Waals surface area contributed by atoms with Crippen LogP contribution < -0.4 is 10.6 Å². The Morgan fingerprint density at radius 1 is 1.38 bits per heavy atom. The predicted octanol–water partition coefficient (Wildman–Crippen LogP) is 2.79. The summed E-state index contributed by atoms with van der Waals surface area (Å²) in [7, 11) is 0. The zero-order chi connectivity index (χ0) is 16.8. The van der Waals surface area contributed by atoms with Gasteiger partial charge in [0.1, 0.15) is 5.82 Å². The van der Waals surface area contributed by atoms with Crippen molar-refractivity contribution in [2.24, 2.45) is 0 Å². The van der Waals surface area contributed by atoms with Gasteiger partial charge < -0.3 is 10.6 Å². The van der Waals surface area contributed by atoms with Crippen LogP contribution in [0.25, 0.3) is 0 Å². The fraction of sp³-hybridized carbons (Fsp3) is 0.389. The second-order valence-corrected chi connectivity index (χ2v) is 6.02. The second-order valence-electron chi connectivity index (χ2n) is 6.02. The molecule has 0 radical (unpaired) electrons. The largest absolute Gasteiger partial charge is 0.365 e. The SMILES string of the molecule is C=CCNC(=O)c1ccc(NC2CCCCC2n2cccn2)nc1. The smallest absolute Gasteiger partial charge is 0.253 e. The first-order valence-electron chi connectivity index (χ1n) is 8.39. The maximum atomic E-state index is 11.9. The first kappa shape index (κ1) is 16.2. The summed E-state index contributed by atoms with van der Waals surface area (Å²) in [5.41, 5.74) is 0.551. The average Bonchev–Trinajstić information content (AvgIpc) is 3.15. The van der Waals surface area contributed by atoms with Crippen molar-refractivity contribution in [3.63, 3.8) is 0 Å². The Balaban J connectivity index is 1.66. The summed E-state index contributed by atoms with van der Waals surface area (Å²) in [4.78, 5) is 16.3. The number of hydrogen-bond donors (Lipinski definition) is 2. The average molecular weight is 325 g/mol. The van der Waals surface area contributed by atoms with Crippen LogP contribution in [0.4, 0.5) is 5.82 Å². The van der Waals surface area contributed by atoms with Crippen LogP contribution in [0.15, 0.2) is 49.4 Å². The Labute approximate surface area is 142 Å². The van der Waals surface area contributed by atoms with E-state index >= 15 is 0 Å². The summed E-state index contributed by atoms with van der Waals surface area (Å²) in [6.07, 6.45) is 11.7. The van der Waals surface area contributed by atoms with Crippen LogP contribution in [0.3, 0.4) is 0 Å². The Hall–Kier alpha value is -2.63. The normalized spacial score (nSPS) is 20.3. The molecule has 1 fully saturated rings. The molecule has 1 saturated carbocycles. The standard InChI is InChI=1S/C18H23N5O/c1-2-10-19-18(24)14-8-9-17(20-13-14)22-15-6-3-4-7-16(15)23-12-5-11-21-23/h2,5,8-9,11-13,15-16H,1,3-4,6-7,10H2,(H,19,24)(H,20,22). The van der Waals surface area contributed by atoms with E-state index in [2.05, 4.69) is 27.3 Å². The summed E-state index contributed by atoms with van der Waals surface area (Å²) in [6, 6.07) is 6.25. The Morgan fingerprint density at radius 2 is 2.25 bits per heavy atom. The summed E-state index contributed by atoms with van der Waals surface area (Å²) < 4.78 is 2.04. The lowest BCUT2D eigenvalue weighted by Gasteiger charge is -2.32. The molecule has 2 heterocycles. The molecule has 126 valence electrons. The molecule has 1 aliphatic rings. The van der Waals surface area contributed by atoms with Gasteiger partial charge in [-0.15, -0.1) is 6.58 Å². The summed E-state index contributed by atoms with van der Waals surface area (Å²) >= 11 is 0. The molecule has 24 heavy (non-hydrogen) atoms. The van der Waals surface area contributed by atoms with Crippen molar-refractivity contribution in [1.29, 1.82) is 0 Å². The zero-order valence-corrected chi connectivity index (χ0v) is 13.7. The number of nitrogens with zero attached hydrogens (tertiary/aromatic N) is 3. The third kappa shape index (κ3) is 3.82. The molecule has 0 bridgehead atoms. The van der Waals surface area contributed by atoms with E-state index in [0.717, 1.165) is 18.7 Å². The molecule has 2 N–H and O–H groups in total. The molecule has 0 saturated heterocycles. The van der Waals surface area contributed by atoms with Gasteiger partial charge >= 0.3 is 0 Å². The molecule has 0 aromatic carbocycles. The van der Waals surface area contributed by atoms with Crippen LogP contribution in [-0.2, 0) is 0 Å². The van der Waals surface area contributed by atoms with Gasteiger partial charge in [-0.1, -0.05) is 18.9 Å². The van der Waals surface area contributed by atoms with Crippen molar-refractivity contribution < 1.29 is 4.79 Å². The van der Waals surface area contributed by atoms with Crippen molar-refractivity contribution in [2.45, 2.75) is 37.8 Å². The fourth-order valence-electron chi connectivity index (χ4n) is 3.14. The maximum Gasteiger partial charge on any atom is 0.253 e. The first-order valence-corrected chi connectivity index (χ1v) is 8.39. The first-order chi connectivity index (χ1) is 11.8. The molecule has 3 rings (SSSR count). The Kier molecular flexibility index (Phi) is 5.25. The van der Waals surface area contributed by atoms with Gasteiger partial charge in [0.15, 0.2) is 0 Å². The molecule has 2 aromatic rings. The van der Waals surface area contributed by atoms with Crippen molar-refractivity contribution >= 4 is 11.7 Å². The lowest BCUT2D eigenvalue weighted by molar-refractivity contribution is 0.0957. The Bertz CT molecular complexity index is 665. The number of aromatic nitrogens is 3. The molecular formula is C18H23N5O. The molecule has 6 heteroatoms. The minimum Gasteiger partial charge on any atom is -0.365 e. The van der Waals surface area contributed by atoms with Crippen molar-refractivity contribution in [3.05, 3.63) is 55.0 Å². The fourth-order valence-corrected chi connectivity index (χ4v) is 3.14. The van der Waals surface area contributed by atoms with Gasteiger partial charge in [0.2, 0.25) is 0 Å². The van der Waals surface area contributed by atoms with Crippen molar-refractivity contribution in [2.75, 3.05) is 11.9 Å². The molecule has 0 aliphatic heterocycles. The van der Waals surface area contributed by atoms with Gasteiger partial charge in [-0.05, 0) is 31.0 Å². The van der Waals surface area contributed by atoms with E-state index in [1.54, 1.807) is 18.3 Å². The molecule has 6 nitrogen and oxygen atoms in total. The van der Waals surface area contributed by atoms with E-state index in [1.807, 2.05) is 29.2 Å². The molecule has 2 unspecified atom stereocenters. The van der Waals surface area contributed by atoms with Crippen LogP contribution >= 0.6 is 0 Å². The highest BCUT2D eigenvalue weighted by Crippen LogP contribution is 2.30. The van der Waals surface area contributed by atoms with E-state index in [1.165, 1.54) is 12.8 Å². The summed E-state index contributed by atoms with van der Waals surface area (Å²) in [6.45, 7) is 4.04. The van der Waals surface area contributed by atoms with Gasteiger partial charge in [0.25, 0.3) is 5.91 Å². The summed E-state index contributed by atoms with van der Waals surface area (Å²) in [5.74, 6) is 0.653. The van der Waals surface area contributed by atoms with Crippen LogP contribution in [-0.4, -0.2) is 33.3 Å². The van der Waals surface area contributed by atoms with Crippen LogP contribution in [0.5, 0.6) is 0 Å². The zero-order valence-electron chi connectivity index (χ0n) is 13.7. The number of pyridine rings is 1. The lowest BCUT2D eigenvalue weighted by Crippen LogP contribution is -2.34. The topological polar surface area (TPSA) is 71.8 Å². The third-order valence-electron chi connectivity index (χ3n) is 4.36. The van der Waals surface area contributed by atoms with E-state index in [0.29, 0.717) is 24.2 Å². The predicted molar refractivity (Wildman–Crippen MR) is 93.9 cm³/mol. The van der Waals surface area contributed by atoms with E-state index < -0.39 is 0 Å². The summed E-state index contributed by atoms with van der Waals surface area (Å²) in [5, 5.41) is 10.6. The van der Waals surface area contributed by atoms with Crippen molar-refractivity contribution in [3.8, 4) is 0 Å². The number of carbonyl (C=O) groups is 1.